The van der Waals surface area contributed by atoms with Gasteiger partial charge in [0.15, 0.2) is 16.6 Å². The third kappa shape index (κ3) is 5.02. The molecule has 7 heteroatoms. The molecule has 33 heavy (non-hydrogen) atoms. The fourth-order valence-corrected chi connectivity index (χ4v) is 3.88. The van der Waals surface area contributed by atoms with Crippen molar-refractivity contribution < 1.29 is 14.3 Å². The largest absolute Gasteiger partial charge is 0.490 e. The van der Waals surface area contributed by atoms with Gasteiger partial charge in [0.25, 0.3) is 5.91 Å². The smallest absolute Gasteiger partial charge is 0.281 e. The number of likely N-dealkylation sites (N-methyl/N-ethyl adjacent to an activating group) is 1. The van der Waals surface area contributed by atoms with Crippen LogP contribution in [0, 0.1) is 0 Å². The highest BCUT2D eigenvalue weighted by Crippen LogP contribution is 2.32. The van der Waals surface area contributed by atoms with E-state index in [-0.39, 0.29) is 5.91 Å². The number of hydrogen-bond acceptors (Lipinski definition) is 4. The number of ether oxygens (including phenoxy) is 2. The van der Waals surface area contributed by atoms with Gasteiger partial charge in [0.2, 0.25) is 0 Å². The highest BCUT2D eigenvalue weighted by molar-refractivity contribution is 7.80. The number of carbonyl (C=O) groups excluding carboxylic acids is 1. The van der Waals surface area contributed by atoms with Crippen LogP contribution in [0.15, 0.2) is 78.5 Å². The van der Waals surface area contributed by atoms with Gasteiger partial charge in [-0.1, -0.05) is 48.0 Å². The van der Waals surface area contributed by atoms with Gasteiger partial charge in [-0.3, -0.25) is 9.69 Å². The molecule has 0 N–H and O–H groups in total. The normalized spacial score (nSPS) is 14.8. The molecule has 1 amide bonds. The Morgan fingerprint density at radius 1 is 0.970 bits per heavy atom. The van der Waals surface area contributed by atoms with E-state index in [1.165, 1.54) is 4.90 Å². The van der Waals surface area contributed by atoms with Gasteiger partial charge in [-0.25, -0.2) is 0 Å². The van der Waals surface area contributed by atoms with E-state index >= 15 is 0 Å². The lowest BCUT2D eigenvalue weighted by Gasteiger charge is -2.16. The molecule has 3 aromatic rings. The Balaban J connectivity index is 1.58. The van der Waals surface area contributed by atoms with Gasteiger partial charge in [-0.15, -0.1) is 0 Å². The molecule has 0 aromatic heterocycles. The van der Waals surface area contributed by atoms with Gasteiger partial charge in [0, 0.05) is 12.1 Å². The first-order chi connectivity index (χ1) is 16.0. The van der Waals surface area contributed by atoms with Crippen LogP contribution in [-0.2, 0) is 11.4 Å². The van der Waals surface area contributed by atoms with Gasteiger partial charge in [0.05, 0.1) is 12.3 Å². The molecule has 0 atom stereocenters. The van der Waals surface area contributed by atoms with Crippen molar-refractivity contribution in [3.05, 3.63) is 94.6 Å². The molecule has 0 unspecified atom stereocenters. The predicted molar refractivity (Wildman–Crippen MR) is 136 cm³/mol. The number of rotatable bonds is 7. The van der Waals surface area contributed by atoms with E-state index in [9.17, 15) is 4.79 Å². The lowest BCUT2D eigenvalue weighted by molar-refractivity contribution is -0.114. The molecule has 1 fully saturated rings. The van der Waals surface area contributed by atoms with E-state index in [0.717, 1.165) is 16.8 Å². The number of para-hydroxylation sites is 1. The third-order valence-corrected chi connectivity index (χ3v) is 5.86. The predicted octanol–water partition coefficient (Wildman–Crippen LogP) is 5.92. The van der Waals surface area contributed by atoms with Crippen LogP contribution in [0.2, 0.25) is 5.02 Å². The molecular weight excluding hydrogens is 456 g/mol. The first-order valence-electron chi connectivity index (χ1n) is 10.5. The van der Waals surface area contributed by atoms with Crippen LogP contribution >= 0.6 is 23.8 Å². The van der Waals surface area contributed by atoms with Crippen LogP contribution in [0.4, 0.5) is 5.69 Å². The highest BCUT2D eigenvalue weighted by Gasteiger charge is 2.36. The number of thiocarbonyl (C=S) groups is 1. The zero-order chi connectivity index (χ0) is 23.4. The first-order valence-corrected chi connectivity index (χ1v) is 11.3. The lowest BCUT2D eigenvalue weighted by atomic mass is 10.1. The zero-order valence-electron chi connectivity index (χ0n) is 18.3. The molecule has 0 aliphatic carbocycles. The van der Waals surface area contributed by atoms with Crippen molar-refractivity contribution in [3.8, 4) is 11.5 Å². The van der Waals surface area contributed by atoms with E-state index < -0.39 is 0 Å². The Labute approximate surface area is 203 Å². The Morgan fingerprint density at radius 3 is 2.39 bits per heavy atom. The van der Waals surface area contributed by atoms with Gasteiger partial charge in [-0.2, -0.15) is 0 Å². The number of halogens is 1. The van der Waals surface area contributed by atoms with Crippen LogP contribution in [-0.4, -0.2) is 29.6 Å². The molecule has 1 saturated heterocycles. The van der Waals surface area contributed by atoms with Crippen LogP contribution in [0.25, 0.3) is 6.08 Å². The van der Waals surface area contributed by atoms with Gasteiger partial charge >= 0.3 is 0 Å². The summed E-state index contributed by atoms with van der Waals surface area (Å²) in [6, 6.07) is 22.5. The number of hydrogen-bond donors (Lipinski definition) is 0. The van der Waals surface area contributed by atoms with Crippen molar-refractivity contribution >= 4 is 46.6 Å². The molecule has 0 saturated carbocycles. The molecule has 0 radical (unpaired) electrons. The van der Waals surface area contributed by atoms with Crippen LogP contribution in [0.1, 0.15) is 18.1 Å². The topological polar surface area (TPSA) is 42.0 Å². The van der Waals surface area contributed by atoms with Crippen molar-refractivity contribution in [1.82, 2.24) is 4.90 Å². The number of nitrogens with zero attached hydrogens (tertiary/aromatic N) is 2. The van der Waals surface area contributed by atoms with Crippen LogP contribution in [0.3, 0.4) is 0 Å². The van der Waals surface area contributed by atoms with E-state index in [1.54, 1.807) is 11.9 Å². The molecule has 0 bridgehead atoms. The summed E-state index contributed by atoms with van der Waals surface area (Å²) in [7, 11) is 1.79. The molecule has 1 aliphatic heterocycles. The number of amides is 1. The molecular formula is C26H23ClN2O3S. The number of carbonyl (C=O) groups is 1. The minimum absolute atomic E-state index is 0.172. The number of benzene rings is 3. The van der Waals surface area contributed by atoms with E-state index in [4.69, 9.17) is 33.3 Å². The van der Waals surface area contributed by atoms with E-state index in [2.05, 4.69) is 0 Å². The SMILES string of the molecule is CCOc1cc(/C=C2/C(=O)N(c3ccccc3)C(=S)N2C)ccc1OCc1ccc(Cl)cc1. The third-order valence-electron chi connectivity index (χ3n) is 5.15. The lowest BCUT2D eigenvalue weighted by Crippen LogP contribution is -2.30. The molecule has 0 spiro atoms. The van der Waals surface area contributed by atoms with Crippen LogP contribution in [0.5, 0.6) is 11.5 Å². The average molecular weight is 479 g/mol. The highest BCUT2D eigenvalue weighted by atomic mass is 35.5. The summed E-state index contributed by atoms with van der Waals surface area (Å²) in [4.78, 5) is 16.4. The summed E-state index contributed by atoms with van der Waals surface area (Å²) in [5.74, 6) is 1.06. The van der Waals surface area contributed by atoms with Crippen molar-refractivity contribution in [2.45, 2.75) is 13.5 Å². The molecule has 1 heterocycles. The molecule has 168 valence electrons. The van der Waals surface area contributed by atoms with Crippen LogP contribution < -0.4 is 14.4 Å². The summed E-state index contributed by atoms with van der Waals surface area (Å²) in [6.07, 6.45) is 1.81. The maximum atomic E-state index is 13.2. The number of anilines is 1. The maximum Gasteiger partial charge on any atom is 0.281 e. The maximum absolute atomic E-state index is 13.2. The Morgan fingerprint density at radius 2 is 1.70 bits per heavy atom. The van der Waals surface area contributed by atoms with Crippen molar-refractivity contribution in [1.29, 1.82) is 0 Å². The van der Waals surface area contributed by atoms with Crippen molar-refractivity contribution in [2.75, 3.05) is 18.6 Å². The fraction of sp³-hybridized carbons (Fsp3) is 0.154. The quantitative estimate of drug-likeness (QED) is 0.311. The molecule has 4 rings (SSSR count). The minimum atomic E-state index is -0.172. The first kappa shape index (κ1) is 22.8. The van der Waals surface area contributed by atoms with Gasteiger partial charge in [0.1, 0.15) is 12.3 Å². The Bertz CT molecular complexity index is 1200. The summed E-state index contributed by atoms with van der Waals surface area (Å²) in [5.41, 5.74) is 3.04. The van der Waals surface area contributed by atoms with E-state index in [0.29, 0.717) is 40.5 Å². The summed E-state index contributed by atoms with van der Waals surface area (Å²) in [6.45, 7) is 2.79. The standard InChI is InChI=1S/C26H23ClN2O3S/c1-3-31-24-16-19(11-14-23(24)32-17-18-9-12-20(27)13-10-18)15-22-25(30)29(26(33)28(22)2)21-7-5-4-6-8-21/h4-16H,3,17H2,1-2H3/b22-15-. The monoisotopic (exact) mass is 478 g/mol. The van der Waals surface area contributed by atoms with Crippen molar-refractivity contribution in [2.24, 2.45) is 0 Å². The minimum Gasteiger partial charge on any atom is -0.490 e. The fourth-order valence-electron chi connectivity index (χ4n) is 3.46. The second-order valence-corrected chi connectivity index (χ2v) is 8.20. The molecule has 5 nitrogen and oxygen atoms in total. The van der Waals surface area contributed by atoms with Gasteiger partial charge in [-0.05, 0) is 72.7 Å². The molecule has 3 aromatic carbocycles. The van der Waals surface area contributed by atoms with E-state index in [1.807, 2.05) is 85.8 Å². The average Bonchev–Trinajstić information content (AvgIpc) is 3.03. The molecule has 1 aliphatic rings. The Hall–Kier alpha value is -3.35. The summed E-state index contributed by atoms with van der Waals surface area (Å²) in [5, 5.41) is 1.12. The second-order valence-electron chi connectivity index (χ2n) is 7.40. The van der Waals surface area contributed by atoms with Crippen molar-refractivity contribution in [3.63, 3.8) is 0 Å². The zero-order valence-corrected chi connectivity index (χ0v) is 19.9. The summed E-state index contributed by atoms with van der Waals surface area (Å²) >= 11 is 11.5. The van der Waals surface area contributed by atoms with Gasteiger partial charge < -0.3 is 14.4 Å². The summed E-state index contributed by atoms with van der Waals surface area (Å²) < 4.78 is 11.8. The second kappa shape index (κ2) is 10.1. The Kier molecular flexibility index (Phi) is 6.96.